The Morgan fingerprint density at radius 1 is 0.900 bits per heavy atom. The first-order valence-corrected chi connectivity index (χ1v) is 10.2. The number of hydrogen-bond donors (Lipinski definition) is 1. The van der Waals surface area contributed by atoms with Crippen molar-refractivity contribution in [3.8, 4) is 0 Å². The molecule has 154 valence electrons. The van der Waals surface area contributed by atoms with Crippen molar-refractivity contribution in [3.63, 3.8) is 0 Å². The van der Waals surface area contributed by atoms with E-state index in [1.165, 1.54) is 7.11 Å². The van der Waals surface area contributed by atoms with E-state index in [1.54, 1.807) is 18.2 Å². The van der Waals surface area contributed by atoms with Gasteiger partial charge in [-0.05, 0) is 28.8 Å². The lowest BCUT2D eigenvalue weighted by molar-refractivity contribution is -0.145. The van der Waals surface area contributed by atoms with Crippen LogP contribution in [0.2, 0.25) is 10.0 Å². The van der Waals surface area contributed by atoms with E-state index in [0.29, 0.717) is 15.6 Å². The van der Waals surface area contributed by atoms with Gasteiger partial charge in [-0.1, -0.05) is 89.9 Å². The summed E-state index contributed by atoms with van der Waals surface area (Å²) in [4.78, 5) is 25.8. The van der Waals surface area contributed by atoms with Crippen molar-refractivity contribution in [3.05, 3.63) is 106 Å². The molecule has 0 unspecified atom stereocenters. The van der Waals surface area contributed by atoms with Crippen LogP contribution in [0.3, 0.4) is 0 Å². The Bertz CT molecular complexity index is 970. The van der Waals surface area contributed by atoms with Gasteiger partial charge in [0.05, 0.1) is 13.0 Å². The first kappa shape index (κ1) is 21.9. The maximum Gasteiger partial charge on any atom is 0.328 e. The van der Waals surface area contributed by atoms with Gasteiger partial charge in [0.1, 0.15) is 6.04 Å². The Labute approximate surface area is 185 Å². The second-order valence-corrected chi connectivity index (χ2v) is 7.62. The van der Waals surface area contributed by atoms with Crippen LogP contribution >= 0.6 is 23.2 Å². The molecule has 0 bridgehead atoms. The summed E-state index contributed by atoms with van der Waals surface area (Å²) in [5, 5.41) is 3.77. The van der Waals surface area contributed by atoms with Gasteiger partial charge in [-0.3, -0.25) is 4.79 Å². The van der Waals surface area contributed by atoms with E-state index in [0.717, 1.165) is 11.1 Å². The van der Waals surface area contributed by atoms with Gasteiger partial charge < -0.3 is 10.1 Å². The largest absolute Gasteiger partial charge is 0.467 e. The molecule has 0 fully saturated rings. The van der Waals surface area contributed by atoms with Gasteiger partial charge >= 0.3 is 5.97 Å². The zero-order chi connectivity index (χ0) is 21.5. The Kier molecular flexibility index (Phi) is 7.50. The Morgan fingerprint density at radius 2 is 1.47 bits per heavy atom. The molecular weight excluding hydrogens is 421 g/mol. The highest BCUT2D eigenvalue weighted by Crippen LogP contribution is 2.26. The molecule has 0 heterocycles. The maximum atomic E-state index is 13.3. The number of halogens is 2. The highest BCUT2D eigenvalue weighted by molar-refractivity contribution is 6.35. The molecule has 0 saturated carbocycles. The third kappa shape index (κ3) is 5.41. The molecule has 4 nitrogen and oxygen atoms in total. The highest BCUT2D eigenvalue weighted by atomic mass is 35.5. The van der Waals surface area contributed by atoms with Crippen LogP contribution in [0.15, 0.2) is 78.9 Å². The minimum atomic E-state index is -0.892. The van der Waals surface area contributed by atoms with Crippen LogP contribution in [0.25, 0.3) is 0 Å². The molecule has 1 N–H and O–H groups in total. The van der Waals surface area contributed by atoms with Gasteiger partial charge in [0, 0.05) is 16.5 Å². The predicted octanol–water partition coefficient (Wildman–Crippen LogP) is 5.03. The smallest absolute Gasteiger partial charge is 0.328 e. The molecule has 0 aliphatic carbocycles. The summed E-state index contributed by atoms with van der Waals surface area (Å²) in [6.45, 7) is 0. The van der Waals surface area contributed by atoms with Crippen LogP contribution < -0.4 is 5.32 Å². The first-order chi connectivity index (χ1) is 14.5. The van der Waals surface area contributed by atoms with Gasteiger partial charge in [0.15, 0.2) is 0 Å². The van der Waals surface area contributed by atoms with Gasteiger partial charge in [0.25, 0.3) is 0 Å². The monoisotopic (exact) mass is 441 g/mol. The molecule has 1 amide bonds. The molecule has 0 saturated heterocycles. The third-order valence-electron chi connectivity index (χ3n) is 4.77. The first-order valence-electron chi connectivity index (χ1n) is 9.41. The van der Waals surface area contributed by atoms with Crippen LogP contribution in [0.1, 0.15) is 22.6 Å². The molecule has 3 rings (SSSR count). The quantitative estimate of drug-likeness (QED) is 0.523. The van der Waals surface area contributed by atoms with Crippen LogP contribution in [-0.2, 0) is 20.7 Å². The van der Waals surface area contributed by atoms with Crippen molar-refractivity contribution >= 4 is 35.1 Å². The van der Waals surface area contributed by atoms with Crippen molar-refractivity contribution in [1.82, 2.24) is 5.32 Å². The standard InChI is InChI=1S/C24H21Cl2NO3/c1-30-24(29)21(14-18-12-13-19(25)15-20(18)26)27-23(28)22(16-8-4-2-5-9-16)17-10-6-3-7-11-17/h2-13,15,21-22H,14H2,1H3,(H,27,28)/t21-/m1/s1. The molecule has 0 aliphatic heterocycles. The van der Waals surface area contributed by atoms with Crippen molar-refractivity contribution in [2.45, 2.75) is 18.4 Å². The fraction of sp³-hybridized carbons (Fsp3) is 0.167. The van der Waals surface area contributed by atoms with Crippen LogP contribution in [0.5, 0.6) is 0 Å². The van der Waals surface area contributed by atoms with Crippen molar-refractivity contribution in [2.24, 2.45) is 0 Å². The molecule has 6 heteroatoms. The number of ether oxygens (including phenoxy) is 1. The average Bonchev–Trinajstić information content (AvgIpc) is 2.76. The highest BCUT2D eigenvalue weighted by Gasteiger charge is 2.29. The lowest BCUT2D eigenvalue weighted by Crippen LogP contribution is -2.45. The van der Waals surface area contributed by atoms with E-state index in [4.69, 9.17) is 27.9 Å². The van der Waals surface area contributed by atoms with Crippen LogP contribution in [0.4, 0.5) is 0 Å². The van der Waals surface area contributed by atoms with Gasteiger partial charge in [-0.25, -0.2) is 4.79 Å². The van der Waals surface area contributed by atoms with E-state index in [-0.39, 0.29) is 12.3 Å². The van der Waals surface area contributed by atoms with Gasteiger partial charge in [0.2, 0.25) is 5.91 Å². The summed E-state index contributed by atoms with van der Waals surface area (Å²) in [7, 11) is 1.29. The third-order valence-corrected chi connectivity index (χ3v) is 5.36. The summed E-state index contributed by atoms with van der Waals surface area (Å²) >= 11 is 12.2. The lowest BCUT2D eigenvalue weighted by Gasteiger charge is -2.22. The molecular formula is C24H21Cl2NO3. The number of methoxy groups -OCH3 is 1. The zero-order valence-corrected chi connectivity index (χ0v) is 17.9. The van der Waals surface area contributed by atoms with Crippen LogP contribution in [-0.4, -0.2) is 25.0 Å². The van der Waals surface area contributed by atoms with Gasteiger partial charge in [-0.15, -0.1) is 0 Å². The topological polar surface area (TPSA) is 55.4 Å². The maximum absolute atomic E-state index is 13.3. The summed E-state index contributed by atoms with van der Waals surface area (Å²) in [5.41, 5.74) is 2.34. The normalized spacial score (nSPS) is 11.7. The van der Waals surface area contributed by atoms with E-state index in [1.807, 2.05) is 60.7 Å². The van der Waals surface area contributed by atoms with Crippen LogP contribution in [0, 0.1) is 0 Å². The molecule has 0 spiro atoms. The number of amides is 1. The summed E-state index contributed by atoms with van der Waals surface area (Å²) in [6.07, 6.45) is 0.185. The van der Waals surface area contributed by atoms with E-state index < -0.39 is 17.9 Å². The average molecular weight is 442 g/mol. The van der Waals surface area contributed by atoms with Gasteiger partial charge in [-0.2, -0.15) is 0 Å². The van der Waals surface area contributed by atoms with E-state index >= 15 is 0 Å². The molecule has 30 heavy (non-hydrogen) atoms. The number of carbonyl (C=O) groups excluding carboxylic acids is 2. The number of nitrogens with one attached hydrogen (secondary N) is 1. The summed E-state index contributed by atoms with van der Waals surface area (Å²) < 4.78 is 4.92. The Balaban J connectivity index is 1.89. The molecule has 3 aromatic carbocycles. The summed E-state index contributed by atoms with van der Waals surface area (Å²) in [5.74, 6) is -1.41. The Hall–Kier alpha value is -2.82. The molecule has 0 aromatic heterocycles. The van der Waals surface area contributed by atoms with E-state index in [2.05, 4.69) is 5.32 Å². The minimum absolute atomic E-state index is 0.185. The second-order valence-electron chi connectivity index (χ2n) is 6.78. The number of benzene rings is 3. The number of rotatable bonds is 7. The zero-order valence-electron chi connectivity index (χ0n) is 16.3. The Morgan fingerprint density at radius 3 is 1.97 bits per heavy atom. The second kappa shape index (κ2) is 10.3. The number of hydrogen-bond acceptors (Lipinski definition) is 3. The molecule has 0 radical (unpaired) electrons. The molecule has 0 aliphatic rings. The van der Waals surface area contributed by atoms with Crippen molar-refractivity contribution in [1.29, 1.82) is 0 Å². The van der Waals surface area contributed by atoms with Crippen molar-refractivity contribution < 1.29 is 14.3 Å². The minimum Gasteiger partial charge on any atom is -0.467 e. The number of carbonyl (C=O) groups is 2. The molecule has 3 aromatic rings. The van der Waals surface area contributed by atoms with Crippen molar-refractivity contribution in [2.75, 3.05) is 7.11 Å². The fourth-order valence-electron chi connectivity index (χ4n) is 3.28. The predicted molar refractivity (Wildman–Crippen MR) is 119 cm³/mol. The van der Waals surface area contributed by atoms with E-state index in [9.17, 15) is 9.59 Å². The number of esters is 1. The summed E-state index contributed by atoms with van der Waals surface area (Å²) in [6, 6.07) is 23.0. The molecule has 1 atom stereocenters. The SMILES string of the molecule is COC(=O)[C@@H](Cc1ccc(Cl)cc1Cl)NC(=O)C(c1ccccc1)c1ccccc1. The fourth-order valence-corrected chi connectivity index (χ4v) is 3.77. The lowest BCUT2D eigenvalue weighted by atomic mass is 9.90.